The molecule has 4 rings (SSSR count). The molecular weight excluding hydrogens is 646 g/mol. The number of hydrogen-bond donors (Lipinski definition) is 0. The standard InChI is InChI=1S/C33H38ClF4NO4SSi/c1-22(31-27(34)13-8-14-28(31)35)18-23-15-16-30-29(19-23)39(44(40,41)26-12-7-10-24(20-26)33(36,37)38)21-25(43-30)11-9-17-42-45(5,6)32(2,3)4/h7-8,10,12-16,18-20,25H,9,11,17,21H2,1-6H3/b22-18+/t25-/m0/s1. The average molecular weight is 684 g/mol. The molecule has 5 nitrogen and oxygen atoms in total. The predicted octanol–water partition coefficient (Wildman–Crippen LogP) is 9.82. The van der Waals surface area contributed by atoms with Gasteiger partial charge in [0.25, 0.3) is 10.0 Å². The Labute approximate surface area is 269 Å². The Balaban J connectivity index is 1.70. The molecule has 1 atom stereocenters. The van der Waals surface area contributed by atoms with Crippen molar-refractivity contribution in [1.29, 1.82) is 0 Å². The van der Waals surface area contributed by atoms with Crippen LogP contribution in [0.15, 0.2) is 65.6 Å². The number of alkyl halides is 3. The van der Waals surface area contributed by atoms with Crippen molar-refractivity contribution in [1.82, 2.24) is 0 Å². The highest BCUT2D eigenvalue weighted by molar-refractivity contribution is 7.92. The second-order valence-corrected chi connectivity index (χ2v) is 19.8. The molecule has 1 aliphatic rings. The zero-order valence-corrected chi connectivity index (χ0v) is 28.7. The van der Waals surface area contributed by atoms with E-state index >= 15 is 0 Å². The molecule has 0 saturated carbocycles. The molecule has 0 aromatic heterocycles. The van der Waals surface area contributed by atoms with E-state index in [1.807, 2.05) is 0 Å². The zero-order chi connectivity index (χ0) is 33.4. The van der Waals surface area contributed by atoms with E-state index in [0.717, 1.165) is 22.5 Å². The molecule has 1 heterocycles. The Hall–Kier alpha value is -2.86. The van der Waals surface area contributed by atoms with Crippen molar-refractivity contribution in [2.24, 2.45) is 0 Å². The number of sulfonamides is 1. The molecule has 0 spiro atoms. The molecule has 0 N–H and O–H groups in total. The van der Waals surface area contributed by atoms with Gasteiger partial charge in [-0.05, 0) is 91.5 Å². The number of halogens is 5. The molecule has 0 radical (unpaired) electrons. The van der Waals surface area contributed by atoms with Gasteiger partial charge in [0.1, 0.15) is 17.7 Å². The third-order valence-electron chi connectivity index (χ3n) is 8.34. The van der Waals surface area contributed by atoms with Crippen molar-refractivity contribution < 1.29 is 35.1 Å². The van der Waals surface area contributed by atoms with Crippen LogP contribution in [0.25, 0.3) is 11.6 Å². The van der Waals surface area contributed by atoms with Gasteiger partial charge in [-0.15, -0.1) is 0 Å². The van der Waals surface area contributed by atoms with Gasteiger partial charge in [0.05, 0.1) is 27.7 Å². The Morgan fingerprint density at radius 3 is 2.42 bits per heavy atom. The minimum absolute atomic E-state index is 0.0330. The molecule has 1 aliphatic heterocycles. The Morgan fingerprint density at radius 1 is 1.09 bits per heavy atom. The van der Waals surface area contributed by atoms with Crippen molar-refractivity contribution in [3.8, 4) is 5.75 Å². The molecule has 244 valence electrons. The SMILES string of the molecule is C/C(=C\c1ccc2c(c1)N(S(=O)(=O)c1cccc(C(F)(F)F)c1)C[C@H](CCCO[Si](C)(C)C(C)(C)C)O2)c1c(F)cccc1Cl. The van der Waals surface area contributed by atoms with Gasteiger partial charge in [-0.3, -0.25) is 4.31 Å². The van der Waals surface area contributed by atoms with Gasteiger partial charge in [-0.1, -0.05) is 56.6 Å². The Bertz CT molecular complexity index is 1670. The first-order chi connectivity index (χ1) is 20.8. The zero-order valence-electron chi connectivity index (χ0n) is 26.1. The summed E-state index contributed by atoms with van der Waals surface area (Å²) in [6.07, 6.45) is -2.56. The average Bonchev–Trinajstić information content (AvgIpc) is 2.94. The van der Waals surface area contributed by atoms with Crippen LogP contribution in [0.1, 0.15) is 57.2 Å². The number of nitrogens with zero attached hydrogens (tertiary/aromatic N) is 1. The van der Waals surface area contributed by atoms with Gasteiger partial charge in [0, 0.05) is 12.2 Å². The highest BCUT2D eigenvalue weighted by Crippen LogP contribution is 2.41. The Kier molecular flexibility index (Phi) is 10.2. The van der Waals surface area contributed by atoms with Crippen LogP contribution >= 0.6 is 11.6 Å². The molecule has 3 aromatic rings. The number of hydrogen-bond acceptors (Lipinski definition) is 4. The summed E-state index contributed by atoms with van der Waals surface area (Å²) < 4.78 is 96.7. The summed E-state index contributed by atoms with van der Waals surface area (Å²) in [5, 5.41) is 0.254. The van der Waals surface area contributed by atoms with E-state index in [0.29, 0.717) is 36.7 Å². The van der Waals surface area contributed by atoms with Crippen molar-refractivity contribution in [3.05, 3.63) is 88.2 Å². The fourth-order valence-electron chi connectivity index (χ4n) is 4.81. The minimum atomic E-state index is -4.72. The lowest BCUT2D eigenvalue weighted by Gasteiger charge is -2.37. The van der Waals surface area contributed by atoms with Crippen LogP contribution in [-0.4, -0.2) is 36.0 Å². The van der Waals surface area contributed by atoms with Crippen LogP contribution in [0.4, 0.5) is 23.2 Å². The Morgan fingerprint density at radius 2 is 1.78 bits per heavy atom. The molecule has 0 aliphatic carbocycles. The molecule has 45 heavy (non-hydrogen) atoms. The number of ether oxygens (including phenoxy) is 1. The molecule has 0 bridgehead atoms. The smallest absolute Gasteiger partial charge is 0.416 e. The molecule has 0 saturated heterocycles. The van der Waals surface area contributed by atoms with Crippen molar-refractivity contribution in [2.45, 2.75) is 75.8 Å². The van der Waals surface area contributed by atoms with E-state index in [-0.39, 0.29) is 33.6 Å². The minimum Gasteiger partial charge on any atom is -0.486 e. The molecule has 12 heteroatoms. The predicted molar refractivity (Wildman–Crippen MR) is 174 cm³/mol. The summed E-state index contributed by atoms with van der Waals surface area (Å²) in [5.41, 5.74) is 0.343. The quantitative estimate of drug-likeness (QED) is 0.0975. The number of fused-ring (bicyclic) bond motifs is 1. The summed E-state index contributed by atoms with van der Waals surface area (Å²) >= 11 is 6.24. The summed E-state index contributed by atoms with van der Waals surface area (Å²) in [7, 11) is -6.43. The number of allylic oxidation sites excluding steroid dienone is 1. The van der Waals surface area contributed by atoms with Gasteiger partial charge in [-0.25, -0.2) is 12.8 Å². The molecule has 0 unspecified atom stereocenters. The van der Waals surface area contributed by atoms with Crippen LogP contribution < -0.4 is 9.04 Å². The van der Waals surface area contributed by atoms with Crippen LogP contribution in [0, 0.1) is 5.82 Å². The number of anilines is 1. The van der Waals surface area contributed by atoms with Crippen LogP contribution in [-0.2, 0) is 20.6 Å². The second-order valence-electron chi connectivity index (χ2n) is 12.7. The first kappa shape index (κ1) is 35.0. The maximum atomic E-state index is 14.6. The van der Waals surface area contributed by atoms with Crippen molar-refractivity contribution in [3.63, 3.8) is 0 Å². The van der Waals surface area contributed by atoms with Crippen molar-refractivity contribution in [2.75, 3.05) is 17.5 Å². The van der Waals surface area contributed by atoms with Gasteiger partial charge in [-0.2, -0.15) is 13.2 Å². The maximum absolute atomic E-state index is 14.6. The maximum Gasteiger partial charge on any atom is 0.416 e. The third kappa shape index (κ3) is 7.93. The summed E-state index contributed by atoms with van der Waals surface area (Å²) in [6, 6.07) is 12.9. The lowest BCUT2D eigenvalue weighted by molar-refractivity contribution is -0.137. The largest absolute Gasteiger partial charge is 0.486 e. The molecule has 0 amide bonds. The lowest BCUT2D eigenvalue weighted by atomic mass is 10.0. The van der Waals surface area contributed by atoms with Crippen LogP contribution in [0.3, 0.4) is 0 Å². The van der Waals surface area contributed by atoms with E-state index in [1.165, 1.54) is 12.1 Å². The van der Waals surface area contributed by atoms with Crippen molar-refractivity contribution >= 4 is 47.3 Å². The van der Waals surface area contributed by atoms with Gasteiger partial charge in [0.15, 0.2) is 8.32 Å². The fourth-order valence-corrected chi connectivity index (χ4v) is 7.75. The van der Waals surface area contributed by atoms with E-state index in [2.05, 4.69) is 33.9 Å². The van der Waals surface area contributed by atoms with Gasteiger partial charge < -0.3 is 9.16 Å². The van der Waals surface area contributed by atoms with Crippen LogP contribution in [0.2, 0.25) is 23.2 Å². The highest BCUT2D eigenvalue weighted by Gasteiger charge is 2.38. The summed E-state index contributed by atoms with van der Waals surface area (Å²) in [4.78, 5) is -0.486. The first-order valence-electron chi connectivity index (χ1n) is 14.6. The van der Waals surface area contributed by atoms with Gasteiger partial charge in [0.2, 0.25) is 0 Å². The highest BCUT2D eigenvalue weighted by atomic mass is 35.5. The monoisotopic (exact) mass is 683 g/mol. The van der Waals surface area contributed by atoms with E-state index < -0.39 is 46.9 Å². The van der Waals surface area contributed by atoms with E-state index in [9.17, 15) is 26.0 Å². The summed E-state index contributed by atoms with van der Waals surface area (Å²) in [5.74, 6) is -0.238. The van der Waals surface area contributed by atoms with Gasteiger partial charge >= 0.3 is 6.18 Å². The molecule has 3 aromatic carbocycles. The van der Waals surface area contributed by atoms with E-state index in [4.69, 9.17) is 20.8 Å². The number of benzene rings is 3. The first-order valence-corrected chi connectivity index (χ1v) is 19.3. The normalized spacial score (nSPS) is 16.4. The second kappa shape index (κ2) is 13.1. The fraction of sp³-hybridized carbons (Fsp3) is 0.394. The third-order valence-corrected chi connectivity index (χ3v) is 15.0. The molecule has 0 fully saturated rings. The van der Waals surface area contributed by atoms with Crippen LogP contribution in [0.5, 0.6) is 5.75 Å². The lowest BCUT2D eigenvalue weighted by Crippen LogP contribution is -2.44. The number of rotatable bonds is 9. The van der Waals surface area contributed by atoms with E-state index in [1.54, 1.807) is 37.3 Å². The summed E-state index contributed by atoms with van der Waals surface area (Å²) in [6.45, 7) is 12.8. The molecular formula is C33H38ClF4NO4SSi. The topological polar surface area (TPSA) is 55.8 Å².